The molecule has 0 amide bonds. The lowest BCUT2D eigenvalue weighted by Gasteiger charge is -2.09. The van der Waals surface area contributed by atoms with Gasteiger partial charge in [-0.2, -0.15) is 0 Å². The van der Waals surface area contributed by atoms with E-state index in [0.717, 1.165) is 0 Å². The normalized spacial score (nSPS) is 9.95. The number of aromatic carboxylic acids is 2. The first-order chi connectivity index (χ1) is 10.0. The number of ether oxygens (including phenoxy) is 2. The molecule has 2 aromatic carbocycles. The zero-order valence-corrected chi connectivity index (χ0v) is 11.1. The number of hydrogen-bond donors (Lipinski definition) is 2. The van der Waals surface area contributed by atoms with E-state index in [9.17, 15) is 9.59 Å². The smallest absolute Gasteiger partial charge is 0.339 e. The molecule has 0 spiro atoms. The van der Waals surface area contributed by atoms with Gasteiger partial charge in [0.2, 0.25) is 0 Å². The maximum Gasteiger partial charge on any atom is 0.339 e. The van der Waals surface area contributed by atoms with E-state index in [2.05, 4.69) is 0 Å². The zero-order valence-electron chi connectivity index (χ0n) is 11.1. The molecule has 0 bridgehead atoms. The van der Waals surface area contributed by atoms with Crippen molar-refractivity contribution in [2.75, 3.05) is 7.11 Å². The molecule has 2 N–H and O–H groups in total. The summed E-state index contributed by atoms with van der Waals surface area (Å²) in [5, 5.41) is 17.9. The first-order valence-electron chi connectivity index (χ1n) is 5.94. The van der Waals surface area contributed by atoms with Crippen molar-refractivity contribution in [3.05, 3.63) is 53.6 Å². The average Bonchev–Trinajstić information content (AvgIpc) is 2.47. The fraction of sp³-hybridized carbons (Fsp3) is 0.0667. The first kappa shape index (κ1) is 14.4. The minimum atomic E-state index is -1.13. The van der Waals surface area contributed by atoms with Crippen LogP contribution in [-0.4, -0.2) is 29.3 Å². The summed E-state index contributed by atoms with van der Waals surface area (Å²) >= 11 is 0. The Morgan fingerprint density at radius 3 is 2.05 bits per heavy atom. The molecule has 0 aliphatic carbocycles. The SMILES string of the molecule is COc1ccc(Oc2ccc(C(=O)O)cc2)cc1C(=O)O. The summed E-state index contributed by atoms with van der Waals surface area (Å²) in [6.07, 6.45) is 0. The van der Waals surface area contributed by atoms with E-state index in [1.807, 2.05) is 0 Å². The molecule has 0 saturated heterocycles. The highest BCUT2D eigenvalue weighted by atomic mass is 16.5. The molecular weight excluding hydrogens is 276 g/mol. The number of carbonyl (C=O) groups is 2. The Kier molecular flexibility index (Phi) is 4.08. The minimum absolute atomic E-state index is 0.0165. The van der Waals surface area contributed by atoms with Gasteiger partial charge in [0.15, 0.2) is 0 Å². The Labute approximate surface area is 120 Å². The molecule has 0 aliphatic heterocycles. The zero-order chi connectivity index (χ0) is 15.4. The largest absolute Gasteiger partial charge is 0.496 e. The number of carboxylic acid groups (broad SMARTS) is 2. The van der Waals surface area contributed by atoms with Crippen LogP contribution in [0.2, 0.25) is 0 Å². The topological polar surface area (TPSA) is 93.1 Å². The van der Waals surface area contributed by atoms with Gasteiger partial charge in [-0.25, -0.2) is 9.59 Å². The lowest BCUT2D eigenvalue weighted by Crippen LogP contribution is -2.01. The van der Waals surface area contributed by atoms with Crippen LogP contribution in [0.4, 0.5) is 0 Å². The molecule has 0 unspecified atom stereocenters. The monoisotopic (exact) mass is 288 g/mol. The molecule has 2 rings (SSSR count). The van der Waals surface area contributed by atoms with E-state index in [4.69, 9.17) is 19.7 Å². The van der Waals surface area contributed by atoms with Crippen molar-refractivity contribution in [3.63, 3.8) is 0 Å². The van der Waals surface area contributed by atoms with Crippen molar-refractivity contribution in [1.29, 1.82) is 0 Å². The van der Waals surface area contributed by atoms with E-state index in [1.165, 1.54) is 43.5 Å². The molecule has 0 aliphatic rings. The van der Waals surface area contributed by atoms with Crippen LogP contribution in [0.5, 0.6) is 17.2 Å². The van der Waals surface area contributed by atoms with Crippen LogP contribution >= 0.6 is 0 Å². The van der Waals surface area contributed by atoms with Gasteiger partial charge in [0, 0.05) is 0 Å². The maximum absolute atomic E-state index is 11.1. The van der Waals surface area contributed by atoms with Crippen LogP contribution in [-0.2, 0) is 0 Å². The fourth-order valence-corrected chi connectivity index (χ4v) is 1.72. The van der Waals surface area contributed by atoms with Crippen LogP contribution in [0.3, 0.4) is 0 Å². The van der Waals surface area contributed by atoms with Gasteiger partial charge in [-0.1, -0.05) is 0 Å². The van der Waals surface area contributed by atoms with E-state index in [-0.39, 0.29) is 16.9 Å². The third-order valence-electron chi connectivity index (χ3n) is 2.74. The van der Waals surface area contributed by atoms with Crippen LogP contribution < -0.4 is 9.47 Å². The molecule has 0 fully saturated rings. The van der Waals surface area contributed by atoms with Crippen molar-refractivity contribution in [1.82, 2.24) is 0 Å². The molecule has 6 nitrogen and oxygen atoms in total. The number of benzene rings is 2. The summed E-state index contributed by atoms with van der Waals surface area (Å²) in [5.74, 6) is -1.20. The van der Waals surface area contributed by atoms with Gasteiger partial charge in [0.1, 0.15) is 22.8 Å². The predicted octanol–water partition coefficient (Wildman–Crippen LogP) is 2.88. The summed E-state index contributed by atoms with van der Waals surface area (Å²) in [6, 6.07) is 10.2. The van der Waals surface area contributed by atoms with E-state index < -0.39 is 11.9 Å². The quantitative estimate of drug-likeness (QED) is 0.878. The van der Waals surface area contributed by atoms with Gasteiger partial charge in [-0.05, 0) is 42.5 Å². The Morgan fingerprint density at radius 1 is 0.905 bits per heavy atom. The summed E-state index contributed by atoms with van der Waals surface area (Å²) in [4.78, 5) is 21.8. The van der Waals surface area contributed by atoms with Crippen molar-refractivity contribution in [3.8, 4) is 17.2 Å². The number of hydrogen-bond acceptors (Lipinski definition) is 4. The Balaban J connectivity index is 2.25. The van der Waals surface area contributed by atoms with Crippen LogP contribution in [0.25, 0.3) is 0 Å². The number of methoxy groups -OCH3 is 1. The second-order valence-electron chi connectivity index (χ2n) is 4.10. The Bertz CT molecular complexity index is 675. The van der Waals surface area contributed by atoms with Crippen molar-refractivity contribution in [2.45, 2.75) is 0 Å². The van der Waals surface area contributed by atoms with Crippen molar-refractivity contribution >= 4 is 11.9 Å². The molecule has 108 valence electrons. The third kappa shape index (κ3) is 3.30. The molecule has 0 saturated carbocycles. The van der Waals surface area contributed by atoms with Gasteiger partial charge in [0.05, 0.1) is 12.7 Å². The van der Waals surface area contributed by atoms with E-state index >= 15 is 0 Å². The highest BCUT2D eigenvalue weighted by molar-refractivity contribution is 5.91. The van der Waals surface area contributed by atoms with Crippen LogP contribution in [0, 0.1) is 0 Å². The highest BCUT2D eigenvalue weighted by Crippen LogP contribution is 2.27. The predicted molar refractivity (Wildman–Crippen MR) is 73.4 cm³/mol. The lowest BCUT2D eigenvalue weighted by molar-refractivity contribution is 0.0683. The molecular formula is C15H12O6. The molecule has 21 heavy (non-hydrogen) atoms. The minimum Gasteiger partial charge on any atom is -0.496 e. The van der Waals surface area contributed by atoms with Crippen molar-refractivity contribution in [2.24, 2.45) is 0 Å². The fourth-order valence-electron chi connectivity index (χ4n) is 1.72. The second-order valence-corrected chi connectivity index (χ2v) is 4.10. The molecule has 0 radical (unpaired) electrons. The maximum atomic E-state index is 11.1. The van der Waals surface area contributed by atoms with Crippen molar-refractivity contribution < 1.29 is 29.3 Å². The van der Waals surface area contributed by atoms with E-state index in [0.29, 0.717) is 11.5 Å². The molecule has 6 heteroatoms. The summed E-state index contributed by atoms with van der Waals surface area (Å²) in [7, 11) is 1.38. The average molecular weight is 288 g/mol. The van der Waals surface area contributed by atoms with Crippen LogP contribution in [0.15, 0.2) is 42.5 Å². The highest BCUT2D eigenvalue weighted by Gasteiger charge is 2.12. The van der Waals surface area contributed by atoms with E-state index in [1.54, 1.807) is 6.07 Å². The first-order valence-corrected chi connectivity index (χ1v) is 5.94. The number of rotatable bonds is 5. The van der Waals surface area contributed by atoms with Crippen LogP contribution in [0.1, 0.15) is 20.7 Å². The summed E-state index contributed by atoms with van der Waals surface area (Å²) in [5.41, 5.74) is 0.125. The Morgan fingerprint density at radius 2 is 1.52 bits per heavy atom. The molecule has 2 aromatic rings. The lowest BCUT2D eigenvalue weighted by atomic mass is 10.2. The van der Waals surface area contributed by atoms with Gasteiger partial charge in [-0.3, -0.25) is 0 Å². The second kappa shape index (κ2) is 5.96. The van der Waals surface area contributed by atoms with Gasteiger partial charge in [0.25, 0.3) is 0 Å². The van der Waals surface area contributed by atoms with Gasteiger partial charge < -0.3 is 19.7 Å². The van der Waals surface area contributed by atoms with Gasteiger partial charge in [-0.15, -0.1) is 0 Å². The summed E-state index contributed by atoms with van der Waals surface area (Å²) < 4.78 is 10.4. The summed E-state index contributed by atoms with van der Waals surface area (Å²) in [6.45, 7) is 0. The third-order valence-corrected chi connectivity index (χ3v) is 2.74. The molecule has 0 aromatic heterocycles. The van der Waals surface area contributed by atoms with Gasteiger partial charge >= 0.3 is 11.9 Å². The standard InChI is InChI=1S/C15H12O6/c1-20-13-7-6-11(8-12(13)15(18)19)21-10-4-2-9(3-5-10)14(16)17/h2-8H,1H3,(H,16,17)(H,18,19). The molecule has 0 heterocycles. The molecule has 0 atom stereocenters. The number of carboxylic acids is 2. The Hall–Kier alpha value is -3.02.